The van der Waals surface area contributed by atoms with E-state index in [-0.39, 0.29) is 18.0 Å². The van der Waals surface area contributed by atoms with Gasteiger partial charge in [-0.1, -0.05) is 18.2 Å². The first-order chi connectivity index (χ1) is 14.8. The molecule has 2 bridgehead atoms. The summed E-state index contributed by atoms with van der Waals surface area (Å²) < 4.78 is 0. The summed E-state index contributed by atoms with van der Waals surface area (Å²) in [5.41, 5.74) is 3.86. The quantitative estimate of drug-likeness (QED) is 0.707. The van der Waals surface area contributed by atoms with Gasteiger partial charge in [0.15, 0.2) is 0 Å². The number of fused-ring (bicyclic) bond motifs is 4. The maximum absolute atomic E-state index is 13.3. The highest BCUT2D eigenvalue weighted by molar-refractivity contribution is 5.95. The van der Waals surface area contributed by atoms with E-state index in [1.54, 1.807) is 12.4 Å². The Morgan fingerprint density at radius 1 is 1.00 bits per heavy atom. The van der Waals surface area contributed by atoms with Crippen LogP contribution in [0.15, 0.2) is 54.9 Å². The molecule has 2 atom stereocenters. The smallest absolute Gasteiger partial charge is 0.256 e. The first-order valence-corrected chi connectivity index (χ1v) is 10.7. The van der Waals surface area contributed by atoms with Gasteiger partial charge in [0, 0.05) is 42.0 Å². The summed E-state index contributed by atoms with van der Waals surface area (Å²) >= 11 is 0. The van der Waals surface area contributed by atoms with E-state index in [1.807, 2.05) is 42.5 Å². The Morgan fingerprint density at radius 3 is 2.63 bits per heavy atom. The first kappa shape index (κ1) is 17.6. The van der Waals surface area contributed by atoms with Crippen molar-refractivity contribution >= 4 is 17.4 Å². The van der Waals surface area contributed by atoms with Crippen LogP contribution < -0.4 is 5.32 Å². The fourth-order valence-electron chi connectivity index (χ4n) is 4.85. The van der Waals surface area contributed by atoms with Crippen molar-refractivity contribution in [3.8, 4) is 0 Å². The predicted octanol–water partition coefficient (Wildman–Crippen LogP) is 4.39. The highest BCUT2D eigenvalue weighted by atomic mass is 16.2. The van der Waals surface area contributed by atoms with E-state index >= 15 is 0 Å². The molecular formula is C24H23N5O. The molecule has 1 amide bonds. The molecule has 0 spiro atoms. The Morgan fingerprint density at radius 2 is 1.87 bits per heavy atom. The van der Waals surface area contributed by atoms with Crippen LogP contribution in [-0.2, 0) is 6.42 Å². The molecule has 6 nitrogen and oxygen atoms in total. The molecule has 1 N–H and O–H groups in total. The largest absolute Gasteiger partial charge is 0.340 e. The second-order valence-corrected chi connectivity index (χ2v) is 8.46. The predicted molar refractivity (Wildman–Crippen MR) is 114 cm³/mol. The average molecular weight is 397 g/mol. The van der Waals surface area contributed by atoms with Gasteiger partial charge in [-0.15, -0.1) is 0 Å². The monoisotopic (exact) mass is 397 g/mol. The summed E-state index contributed by atoms with van der Waals surface area (Å²) in [6.45, 7) is 0. The molecule has 1 saturated carbocycles. The number of nitrogens with one attached hydrogen (secondary N) is 1. The lowest BCUT2D eigenvalue weighted by molar-refractivity contribution is 0.0644. The summed E-state index contributed by atoms with van der Waals surface area (Å²) in [5, 5.41) is 3.54. The number of hydrogen-bond donors (Lipinski definition) is 1. The SMILES string of the molecule is O=C(c1cccnc1)N1[C@H]2CC[C@H]1c1c(nc(C3CC3)nc1Nc1ccccc1)C2. The highest BCUT2D eigenvalue weighted by Crippen LogP contribution is 2.48. The summed E-state index contributed by atoms with van der Waals surface area (Å²) in [7, 11) is 0. The highest BCUT2D eigenvalue weighted by Gasteiger charge is 2.45. The number of rotatable bonds is 4. The number of nitrogens with zero attached hydrogens (tertiary/aromatic N) is 4. The fraction of sp³-hybridized carbons (Fsp3) is 0.333. The van der Waals surface area contributed by atoms with Gasteiger partial charge in [-0.3, -0.25) is 9.78 Å². The van der Waals surface area contributed by atoms with Crippen molar-refractivity contribution < 1.29 is 4.79 Å². The Bertz CT molecular complexity index is 1100. The van der Waals surface area contributed by atoms with Crippen LogP contribution in [0.2, 0.25) is 0 Å². The van der Waals surface area contributed by atoms with Crippen LogP contribution in [0.4, 0.5) is 11.5 Å². The molecule has 3 aliphatic rings. The van der Waals surface area contributed by atoms with Gasteiger partial charge in [0.25, 0.3) is 5.91 Å². The molecule has 2 aromatic heterocycles. The lowest BCUT2D eigenvalue weighted by Gasteiger charge is -2.37. The van der Waals surface area contributed by atoms with Crippen LogP contribution in [0, 0.1) is 0 Å². The molecular weight excluding hydrogens is 374 g/mol. The molecule has 0 radical (unpaired) electrons. The van der Waals surface area contributed by atoms with Crippen molar-refractivity contribution in [2.45, 2.75) is 50.1 Å². The maximum atomic E-state index is 13.3. The molecule has 1 saturated heterocycles. The molecule has 150 valence electrons. The number of carbonyl (C=O) groups is 1. The number of aromatic nitrogens is 3. The van der Waals surface area contributed by atoms with Crippen molar-refractivity contribution in [3.63, 3.8) is 0 Å². The summed E-state index contributed by atoms with van der Waals surface area (Å²) in [4.78, 5) is 29.5. The van der Waals surface area contributed by atoms with Gasteiger partial charge in [-0.25, -0.2) is 9.97 Å². The van der Waals surface area contributed by atoms with Crippen LogP contribution in [0.5, 0.6) is 0 Å². The molecule has 1 aromatic carbocycles. The van der Waals surface area contributed by atoms with Crippen LogP contribution in [0.3, 0.4) is 0 Å². The standard InChI is InChI=1S/C24H23N5O/c30-24(16-5-4-12-25-14-16)29-18-10-11-20(29)21-19(13-18)27-22(15-8-9-15)28-23(21)26-17-6-2-1-3-7-17/h1-7,12,14-15,18,20H,8-11,13H2,(H,26,27,28)/t18-,20-/m0/s1. The van der Waals surface area contributed by atoms with Crippen LogP contribution >= 0.6 is 0 Å². The Kier molecular flexibility index (Phi) is 4.04. The second kappa shape index (κ2) is 6.90. The zero-order chi connectivity index (χ0) is 20.1. The van der Waals surface area contributed by atoms with Gasteiger partial charge in [0.05, 0.1) is 17.3 Å². The van der Waals surface area contributed by atoms with E-state index in [2.05, 4.69) is 15.2 Å². The lowest BCUT2D eigenvalue weighted by Crippen LogP contribution is -2.42. The molecule has 2 fully saturated rings. The average Bonchev–Trinajstić information content (AvgIpc) is 3.59. The third-order valence-corrected chi connectivity index (χ3v) is 6.43. The van der Waals surface area contributed by atoms with Crippen LogP contribution in [0.25, 0.3) is 0 Å². The van der Waals surface area contributed by atoms with E-state index in [0.717, 1.165) is 47.8 Å². The van der Waals surface area contributed by atoms with E-state index in [1.165, 1.54) is 12.8 Å². The number of benzene rings is 1. The van der Waals surface area contributed by atoms with Gasteiger partial charge in [0.1, 0.15) is 11.6 Å². The fourth-order valence-corrected chi connectivity index (χ4v) is 4.85. The van der Waals surface area contributed by atoms with Crippen LogP contribution in [0.1, 0.15) is 65.1 Å². The van der Waals surface area contributed by atoms with E-state index in [4.69, 9.17) is 9.97 Å². The second-order valence-electron chi connectivity index (χ2n) is 8.46. The third kappa shape index (κ3) is 2.95. The summed E-state index contributed by atoms with van der Waals surface area (Å²) in [5.74, 6) is 2.36. The van der Waals surface area contributed by atoms with Gasteiger partial charge in [0.2, 0.25) is 0 Å². The number of hydrogen-bond acceptors (Lipinski definition) is 5. The molecule has 0 unspecified atom stereocenters. The van der Waals surface area contributed by atoms with Crippen molar-refractivity contribution in [1.82, 2.24) is 19.9 Å². The zero-order valence-electron chi connectivity index (χ0n) is 16.7. The lowest BCUT2D eigenvalue weighted by atomic mass is 9.96. The van der Waals surface area contributed by atoms with E-state index in [9.17, 15) is 4.79 Å². The number of pyridine rings is 1. The Labute approximate surface area is 175 Å². The van der Waals surface area contributed by atoms with Crippen molar-refractivity contribution in [3.05, 3.63) is 77.5 Å². The normalized spacial score (nSPS) is 21.9. The molecule has 1 aliphatic carbocycles. The summed E-state index contributed by atoms with van der Waals surface area (Å²) in [6.07, 6.45) is 8.43. The van der Waals surface area contributed by atoms with Gasteiger partial charge in [-0.05, 0) is 49.9 Å². The van der Waals surface area contributed by atoms with Crippen molar-refractivity contribution in [1.29, 1.82) is 0 Å². The molecule has 30 heavy (non-hydrogen) atoms. The number of para-hydroxylation sites is 1. The molecule has 6 heteroatoms. The van der Waals surface area contributed by atoms with Gasteiger partial charge >= 0.3 is 0 Å². The van der Waals surface area contributed by atoms with Gasteiger partial charge < -0.3 is 10.2 Å². The maximum Gasteiger partial charge on any atom is 0.256 e. The van der Waals surface area contributed by atoms with Crippen molar-refractivity contribution in [2.75, 3.05) is 5.32 Å². The molecule has 2 aliphatic heterocycles. The Hall–Kier alpha value is -3.28. The molecule has 6 rings (SSSR count). The van der Waals surface area contributed by atoms with Gasteiger partial charge in [-0.2, -0.15) is 0 Å². The molecule has 3 aromatic rings. The topological polar surface area (TPSA) is 71.0 Å². The minimum atomic E-state index is 0.00548. The van der Waals surface area contributed by atoms with E-state index in [0.29, 0.717) is 11.5 Å². The third-order valence-electron chi connectivity index (χ3n) is 6.43. The van der Waals surface area contributed by atoms with E-state index < -0.39 is 0 Å². The van der Waals surface area contributed by atoms with Crippen molar-refractivity contribution in [2.24, 2.45) is 0 Å². The Balaban J connectivity index is 1.43. The number of amides is 1. The number of anilines is 2. The minimum Gasteiger partial charge on any atom is -0.340 e. The number of carbonyl (C=O) groups excluding carboxylic acids is 1. The van der Waals surface area contributed by atoms with Crippen LogP contribution in [-0.4, -0.2) is 31.8 Å². The first-order valence-electron chi connectivity index (χ1n) is 10.7. The zero-order valence-corrected chi connectivity index (χ0v) is 16.7. The molecule has 4 heterocycles. The minimum absolute atomic E-state index is 0.00548. The summed E-state index contributed by atoms with van der Waals surface area (Å²) in [6, 6.07) is 14.0.